The van der Waals surface area contributed by atoms with Crippen LogP contribution in [0, 0.1) is 11.8 Å². The normalized spacial score (nSPS) is 9.30. The van der Waals surface area contributed by atoms with Gasteiger partial charge in [0, 0.05) is 5.56 Å². The van der Waals surface area contributed by atoms with Gasteiger partial charge in [-0.3, -0.25) is 0 Å². The van der Waals surface area contributed by atoms with Crippen LogP contribution in [0.1, 0.15) is 5.56 Å². The van der Waals surface area contributed by atoms with Crippen LogP contribution in [0.3, 0.4) is 0 Å². The van der Waals surface area contributed by atoms with Gasteiger partial charge in [0.25, 0.3) is 0 Å². The van der Waals surface area contributed by atoms with E-state index >= 15 is 0 Å². The second-order valence-electron chi connectivity index (χ2n) is 2.01. The molecule has 10 heavy (non-hydrogen) atoms. The molecule has 3 nitrogen and oxygen atoms in total. The summed E-state index contributed by atoms with van der Waals surface area (Å²) in [4.78, 5) is 10.0. The molecule has 0 aromatic heterocycles. The van der Waals surface area contributed by atoms with Crippen molar-refractivity contribution < 1.29 is 5.11 Å². The molecule has 0 saturated heterocycles. The standard InChI is InChI=1S/C7H7NO2/c1-5-6(8-10)3-2-4-7(5)9/h2-4,9H,1H3. The Morgan fingerprint density at radius 3 is 2.70 bits per heavy atom. The van der Waals surface area contributed by atoms with Gasteiger partial charge >= 0.3 is 0 Å². The van der Waals surface area contributed by atoms with Crippen molar-refractivity contribution >= 4 is 5.69 Å². The lowest BCUT2D eigenvalue weighted by Crippen LogP contribution is -1.73. The van der Waals surface area contributed by atoms with Gasteiger partial charge in [0.1, 0.15) is 11.4 Å². The molecular formula is C7H7NO2. The number of hydrogen-bond donors (Lipinski definition) is 1. The first-order chi connectivity index (χ1) is 4.75. The summed E-state index contributed by atoms with van der Waals surface area (Å²) in [5, 5.41) is 11.8. The first-order valence-electron chi connectivity index (χ1n) is 2.87. The van der Waals surface area contributed by atoms with Crippen LogP contribution < -0.4 is 0 Å². The fourth-order valence-electron chi connectivity index (χ4n) is 0.711. The number of nitrogens with zero attached hydrogens (tertiary/aromatic N) is 1. The van der Waals surface area contributed by atoms with Gasteiger partial charge in [-0.2, -0.15) is 0 Å². The van der Waals surface area contributed by atoms with Crippen LogP contribution in [0.15, 0.2) is 23.4 Å². The molecule has 0 atom stereocenters. The molecule has 1 rings (SSSR count). The lowest BCUT2D eigenvalue weighted by atomic mass is 10.2. The van der Waals surface area contributed by atoms with E-state index in [4.69, 9.17) is 5.11 Å². The first-order valence-corrected chi connectivity index (χ1v) is 2.87. The average Bonchev–Trinajstić information content (AvgIpc) is 1.95. The third-order valence-corrected chi connectivity index (χ3v) is 1.37. The van der Waals surface area contributed by atoms with E-state index in [1.807, 2.05) is 0 Å². The summed E-state index contributed by atoms with van der Waals surface area (Å²) in [6.45, 7) is 1.64. The summed E-state index contributed by atoms with van der Waals surface area (Å²) in [6, 6.07) is 4.66. The Labute approximate surface area is 58.3 Å². The third-order valence-electron chi connectivity index (χ3n) is 1.37. The largest absolute Gasteiger partial charge is 0.508 e. The Bertz CT molecular complexity index is 258. The van der Waals surface area contributed by atoms with Gasteiger partial charge in [0.2, 0.25) is 0 Å². The molecule has 0 radical (unpaired) electrons. The molecule has 0 spiro atoms. The maximum Gasteiger partial charge on any atom is 0.120 e. The molecule has 3 heteroatoms. The Balaban J connectivity index is 3.27. The number of benzene rings is 1. The molecule has 0 heterocycles. The smallest absolute Gasteiger partial charge is 0.120 e. The van der Waals surface area contributed by atoms with E-state index in [1.165, 1.54) is 6.07 Å². The number of nitroso groups, excluding NO2 is 1. The summed E-state index contributed by atoms with van der Waals surface area (Å²) in [5.74, 6) is 0.108. The predicted octanol–water partition coefficient (Wildman–Crippen LogP) is 2.10. The zero-order valence-electron chi connectivity index (χ0n) is 5.53. The average molecular weight is 137 g/mol. The van der Waals surface area contributed by atoms with Crippen LogP contribution in [0.4, 0.5) is 5.69 Å². The SMILES string of the molecule is Cc1c(O)cccc1N=O. The summed E-state index contributed by atoms with van der Waals surface area (Å²) < 4.78 is 0. The summed E-state index contributed by atoms with van der Waals surface area (Å²) in [7, 11) is 0. The fraction of sp³-hybridized carbons (Fsp3) is 0.143. The number of rotatable bonds is 1. The van der Waals surface area contributed by atoms with E-state index in [9.17, 15) is 4.91 Å². The highest BCUT2D eigenvalue weighted by molar-refractivity contribution is 5.51. The molecule has 0 aliphatic carbocycles. The molecule has 1 aromatic carbocycles. The van der Waals surface area contributed by atoms with Crippen LogP contribution in [0.5, 0.6) is 5.75 Å². The van der Waals surface area contributed by atoms with Crippen molar-refractivity contribution in [2.75, 3.05) is 0 Å². The van der Waals surface area contributed by atoms with Gasteiger partial charge in [-0.25, -0.2) is 0 Å². The van der Waals surface area contributed by atoms with E-state index in [-0.39, 0.29) is 5.75 Å². The molecule has 0 fully saturated rings. The molecule has 0 amide bonds. The zero-order chi connectivity index (χ0) is 7.56. The van der Waals surface area contributed by atoms with Crippen molar-refractivity contribution in [1.29, 1.82) is 0 Å². The highest BCUT2D eigenvalue weighted by Crippen LogP contribution is 2.25. The topological polar surface area (TPSA) is 49.7 Å². The molecule has 52 valence electrons. The minimum Gasteiger partial charge on any atom is -0.508 e. The third kappa shape index (κ3) is 0.978. The number of aromatic hydroxyl groups is 1. The lowest BCUT2D eigenvalue weighted by Gasteiger charge is -1.97. The van der Waals surface area contributed by atoms with Crippen molar-refractivity contribution in [3.8, 4) is 5.75 Å². The maximum atomic E-state index is 10.0. The van der Waals surface area contributed by atoms with Crippen molar-refractivity contribution in [1.82, 2.24) is 0 Å². The van der Waals surface area contributed by atoms with Crippen LogP contribution in [-0.2, 0) is 0 Å². The minimum atomic E-state index is 0.108. The Kier molecular flexibility index (Phi) is 1.67. The lowest BCUT2D eigenvalue weighted by molar-refractivity contribution is 0.471. The minimum absolute atomic E-state index is 0.108. The molecule has 0 aliphatic rings. The summed E-state index contributed by atoms with van der Waals surface area (Å²) in [5.41, 5.74) is 0.817. The Morgan fingerprint density at radius 2 is 2.20 bits per heavy atom. The highest BCUT2D eigenvalue weighted by Gasteiger charge is 2.00. The van der Waals surface area contributed by atoms with E-state index in [0.29, 0.717) is 11.3 Å². The van der Waals surface area contributed by atoms with Crippen LogP contribution in [0.2, 0.25) is 0 Å². The zero-order valence-corrected chi connectivity index (χ0v) is 5.53. The molecular weight excluding hydrogens is 130 g/mol. The molecule has 1 aromatic rings. The van der Waals surface area contributed by atoms with Gasteiger partial charge in [-0.15, -0.1) is 4.91 Å². The van der Waals surface area contributed by atoms with Crippen molar-refractivity contribution in [3.05, 3.63) is 28.7 Å². The van der Waals surface area contributed by atoms with Crippen LogP contribution in [0.25, 0.3) is 0 Å². The Hall–Kier alpha value is -1.38. The van der Waals surface area contributed by atoms with Gasteiger partial charge in [0.05, 0.1) is 0 Å². The molecule has 0 saturated carbocycles. The van der Waals surface area contributed by atoms with Gasteiger partial charge < -0.3 is 5.11 Å². The number of phenols is 1. The second kappa shape index (κ2) is 2.47. The fourth-order valence-corrected chi connectivity index (χ4v) is 0.711. The van der Waals surface area contributed by atoms with Crippen molar-refractivity contribution in [2.45, 2.75) is 6.92 Å². The van der Waals surface area contributed by atoms with E-state index in [1.54, 1.807) is 19.1 Å². The maximum absolute atomic E-state index is 10.0. The van der Waals surface area contributed by atoms with E-state index < -0.39 is 0 Å². The second-order valence-corrected chi connectivity index (χ2v) is 2.01. The van der Waals surface area contributed by atoms with E-state index in [0.717, 1.165) is 0 Å². The number of phenolic OH excluding ortho intramolecular Hbond substituents is 1. The van der Waals surface area contributed by atoms with Crippen molar-refractivity contribution in [2.24, 2.45) is 5.18 Å². The molecule has 0 unspecified atom stereocenters. The van der Waals surface area contributed by atoms with E-state index in [2.05, 4.69) is 5.18 Å². The van der Waals surface area contributed by atoms with Gasteiger partial charge in [0.15, 0.2) is 0 Å². The quantitative estimate of drug-likeness (QED) is 0.602. The highest BCUT2D eigenvalue weighted by atomic mass is 16.3. The van der Waals surface area contributed by atoms with Gasteiger partial charge in [-0.05, 0) is 24.2 Å². The predicted molar refractivity (Wildman–Crippen MR) is 38.3 cm³/mol. The molecule has 0 aliphatic heterocycles. The Morgan fingerprint density at radius 1 is 1.50 bits per heavy atom. The number of hydrogen-bond acceptors (Lipinski definition) is 3. The van der Waals surface area contributed by atoms with Crippen LogP contribution in [-0.4, -0.2) is 5.11 Å². The van der Waals surface area contributed by atoms with Crippen LogP contribution >= 0.6 is 0 Å². The first kappa shape index (κ1) is 6.74. The van der Waals surface area contributed by atoms with Gasteiger partial charge in [-0.1, -0.05) is 6.07 Å². The molecule has 0 bridgehead atoms. The summed E-state index contributed by atoms with van der Waals surface area (Å²) >= 11 is 0. The molecule has 1 N–H and O–H groups in total. The summed E-state index contributed by atoms with van der Waals surface area (Å²) in [6.07, 6.45) is 0. The monoisotopic (exact) mass is 137 g/mol. The van der Waals surface area contributed by atoms with Crippen molar-refractivity contribution in [3.63, 3.8) is 0 Å².